The number of amides is 2. The zero-order valence-electron chi connectivity index (χ0n) is 13.9. The molecule has 1 N–H and O–H groups in total. The highest BCUT2D eigenvalue weighted by Crippen LogP contribution is 2.21. The number of rotatable bonds is 4. The van der Waals surface area contributed by atoms with Crippen LogP contribution in [0, 0.1) is 0 Å². The maximum absolute atomic E-state index is 12.4. The van der Waals surface area contributed by atoms with Gasteiger partial charge >= 0.3 is 6.03 Å². The third-order valence-electron chi connectivity index (χ3n) is 4.20. The third kappa shape index (κ3) is 3.56. The molecule has 7 nitrogen and oxygen atoms in total. The minimum absolute atomic E-state index is 0.0879. The number of hydrogen-bond donors (Lipinski definition) is 1. The van der Waals surface area contributed by atoms with Crippen molar-refractivity contribution in [1.82, 2.24) is 30.0 Å². The molecule has 3 aromatic rings. The average Bonchev–Trinajstić information content (AvgIpc) is 3.29. The molecule has 4 rings (SSSR count). The summed E-state index contributed by atoms with van der Waals surface area (Å²) in [6.07, 6.45) is 4.07. The van der Waals surface area contributed by atoms with E-state index in [2.05, 4.69) is 20.4 Å². The highest BCUT2D eigenvalue weighted by atomic mass is 35.5. The lowest BCUT2D eigenvalue weighted by atomic mass is 10.3. The van der Waals surface area contributed by atoms with E-state index >= 15 is 0 Å². The summed E-state index contributed by atoms with van der Waals surface area (Å²) in [6.45, 7) is 2.30. The SMILES string of the molecule is O=C(NCCc1nc(-c2ccccn2)cs1)N1CCn2ncc(Cl)c2C1. The van der Waals surface area contributed by atoms with Crippen LogP contribution in [0.5, 0.6) is 0 Å². The molecular formula is C17H17ClN6OS. The molecule has 26 heavy (non-hydrogen) atoms. The van der Waals surface area contributed by atoms with E-state index in [-0.39, 0.29) is 6.03 Å². The number of urea groups is 1. The van der Waals surface area contributed by atoms with Crippen molar-refractivity contribution in [3.05, 3.63) is 51.7 Å². The molecule has 0 atom stereocenters. The Hall–Kier alpha value is -2.45. The van der Waals surface area contributed by atoms with Crippen LogP contribution in [0.4, 0.5) is 4.79 Å². The summed E-state index contributed by atoms with van der Waals surface area (Å²) in [7, 11) is 0. The van der Waals surface area contributed by atoms with E-state index < -0.39 is 0 Å². The molecule has 0 saturated heterocycles. The van der Waals surface area contributed by atoms with Crippen molar-refractivity contribution < 1.29 is 4.79 Å². The topological polar surface area (TPSA) is 75.9 Å². The first kappa shape index (κ1) is 17.0. The second-order valence-electron chi connectivity index (χ2n) is 5.91. The van der Waals surface area contributed by atoms with Gasteiger partial charge in [0, 0.05) is 31.1 Å². The zero-order valence-corrected chi connectivity index (χ0v) is 15.5. The lowest BCUT2D eigenvalue weighted by molar-refractivity contribution is 0.181. The van der Waals surface area contributed by atoms with Crippen LogP contribution in [0.25, 0.3) is 11.4 Å². The molecule has 0 bridgehead atoms. The Balaban J connectivity index is 1.29. The summed E-state index contributed by atoms with van der Waals surface area (Å²) < 4.78 is 1.85. The Morgan fingerprint density at radius 3 is 3.08 bits per heavy atom. The molecule has 1 aliphatic rings. The molecule has 134 valence electrons. The molecule has 0 spiro atoms. The van der Waals surface area contributed by atoms with Gasteiger partial charge in [-0.05, 0) is 12.1 Å². The van der Waals surface area contributed by atoms with Crippen LogP contribution in [0.2, 0.25) is 5.02 Å². The highest BCUT2D eigenvalue weighted by molar-refractivity contribution is 7.09. The predicted molar refractivity (Wildman–Crippen MR) is 100 cm³/mol. The van der Waals surface area contributed by atoms with Gasteiger partial charge in [-0.2, -0.15) is 5.10 Å². The lowest BCUT2D eigenvalue weighted by Gasteiger charge is -2.28. The van der Waals surface area contributed by atoms with Gasteiger partial charge in [0.15, 0.2) is 0 Å². The van der Waals surface area contributed by atoms with Crippen LogP contribution < -0.4 is 5.32 Å². The summed E-state index contributed by atoms with van der Waals surface area (Å²) >= 11 is 7.69. The van der Waals surface area contributed by atoms with Crippen LogP contribution in [-0.2, 0) is 19.5 Å². The first-order chi connectivity index (χ1) is 12.7. The summed E-state index contributed by atoms with van der Waals surface area (Å²) in [6, 6.07) is 5.67. The molecule has 3 aromatic heterocycles. The van der Waals surface area contributed by atoms with Crippen molar-refractivity contribution in [1.29, 1.82) is 0 Å². The minimum atomic E-state index is -0.0879. The summed E-state index contributed by atoms with van der Waals surface area (Å²) in [4.78, 5) is 23.0. The van der Waals surface area contributed by atoms with E-state index in [1.165, 1.54) is 0 Å². The van der Waals surface area contributed by atoms with Gasteiger partial charge in [0.1, 0.15) is 0 Å². The fourth-order valence-electron chi connectivity index (χ4n) is 2.83. The first-order valence-corrected chi connectivity index (χ1v) is 9.55. The number of hydrogen-bond acceptors (Lipinski definition) is 5. The van der Waals surface area contributed by atoms with Crippen molar-refractivity contribution in [2.45, 2.75) is 19.5 Å². The number of halogens is 1. The predicted octanol–water partition coefficient (Wildman–Crippen LogP) is 2.82. The van der Waals surface area contributed by atoms with E-state index in [0.717, 1.165) is 22.1 Å². The number of fused-ring (bicyclic) bond motifs is 1. The third-order valence-corrected chi connectivity index (χ3v) is 5.43. The molecular weight excluding hydrogens is 372 g/mol. The van der Waals surface area contributed by atoms with Gasteiger partial charge in [-0.15, -0.1) is 11.3 Å². The van der Waals surface area contributed by atoms with Gasteiger partial charge in [0.05, 0.1) is 46.4 Å². The van der Waals surface area contributed by atoms with Gasteiger partial charge in [-0.1, -0.05) is 17.7 Å². The average molecular weight is 389 g/mol. The molecule has 9 heteroatoms. The number of thiazole rings is 1. The quantitative estimate of drug-likeness (QED) is 0.745. The molecule has 0 aliphatic carbocycles. The molecule has 0 fully saturated rings. The van der Waals surface area contributed by atoms with Gasteiger partial charge in [-0.25, -0.2) is 9.78 Å². The van der Waals surface area contributed by atoms with Gasteiger partial charge < -0.3 is 10.2 Å². The summed E-state index contributed by atoms with van der Waals surface area (Å²) in [5.41, 5.74) is 2.62. The lowest BCUT2D eigenvalue weighted by Crippen LogP contribution is -2.44. The molecule has 0 saturated carbocycles. The maximum Gasteiger partial charge on any atom is 0.317 e. The van der Waals surface area contributed by atoms with Crippen LogP contribution in [0.1, 0.15) is 10.7 Å². The molecule has 0 aromatic carbocycles. The van der Waals surface area contributed by atoms with E-state index in [9.17, 15) is 4.79 Å². The monoisotopic (exact) mass is 388 g/mol. The highest BCUT2D eigenvalue weighted by Gasteiger charge is 2.23. The molecule has 1 aliphatic heterocycles. The number of carbonyl (C=O) groups excluding carboxylic acids is 1. The van der Waals surface area contributed by atoms with Crippen LogP contribution in [0.15, 0.2) is 36.0 Å². The van der Waals surface area contributed by atoms with Gasteiger partial charge in [0.25, 0.3) is 0 Å². The Kier molecular flexibility index (Phi) is 4.85. The number of aromatic nitrogens is 4. The van der Waals surface area contributed by atoms with E-state index in [4.69, 9.17) is 11.6 Å². The molecule has 2 amide bonds. The molecule has 4 heterocycles. The second kappa shape index (κ2) is 7.43. The normalized spacial score (nSPS) is 13.5. The number of nitrogens with one attached hydrogen (secondary N) is 1. The maximum atomic E-state index is 12.4. The fraction of sp³-hybridized carbons (Fsp3) is 0.294. The minimum Gasteiger partial charge on any atom is -0.338 e. The van der Waals surface area contributed by atoms with Gasteiger partial charge in [-0.3, -0.25) is 9.67 Å². The molecule has 0 radical (unpaired) electrons. The van der Waals surface area contributed by atoms with Crippen LogP contribution in [0.3, 0.4) is 0 Å². The van der Waals surface area contributed by atoms with E-state index in [1.807, 2.05) is 28.3 Å². The van der Waals surface area contributed by atoms with Crippen molar-refractivity contribution >= 4 is 29.0 Å². The smallest absolute Gasteiger partial charge is 0.317 e. The Morgan fingerprint density at radius 1 is 1.31 bits per heavy atom. The number of pyridine rings is 1. The van der Waals surface area contributed by atoms with Crippen LogP contribution in [-0.4, -0.2) is 43.8 Å². The second-order valence-corrected chi connectivity index (χ2v) is 7.26. The van der Waals surface area contributed by atoms with Crippen LogP contribution >= 0.6 is 22.9 Å². The van der Waals surface area contributed by atoms with E-state index in [1.54, 1.807) is 28.6 Å². The standard InChI is InChI=1S/C17H17ClN6OS/c18-12-9-21-24-8-7-23(10-15(12)24)17(25)20-6-4-16-22-14(11-26-16)13-3-1-2-5-19-13/h1-3,5,9,11H,4,6-8,10H2,(H,20,25). The number of carbonyl (C=O) groups is 1. The summed E-state index contributed by atoms with van der Waals surface area (Å²) in [5, 5.41) is 10.7. The molecule has 0 unspecified atom stereocenters. The van der Waals surface area contributed by atoms with E-state index in [0.29, 0.717) is 37.6 Å². The van der Waals surface area contributed by atoms with Crippen molar-refractivity contribution in [2.75, 3.05) is 13.1 Å². The largest absolute Gasteiger partial charge is 0.338 e. The number of nitrogens with zero attached hydrogens (tertiary/aromatic N) is 5. The van der Waals surface area contributed by atoms with Crippen molar-refractivity contribution in [3.63, 3.8) is 0 Å². The zero-order chi connectivity index (χ0) is 17.9. The Bertz CT molecular complexity index is 909. The Labute approximate surface area is 159 Å². The fourth-order valence-corrected chi connectivity index (χ4v) is 3.83. The van der Waals surface area contributed by atoms with Crippen molar-refractivity contribution in [2.24, 2.45) is 0 Å². The summed E-state index contributed by atoms with van der Waals surface area (Å²) in [5.74, 6) is 0. The first-order valence-electron chi connectivity index (χ1n) is 8.29. The van der Waals surface area contributed by atoms with Gasteiger partial charge in [0.2, 0.25) is 0 Å². The van der Waals surface area contributed by atoms with Crippen molar-refractivity contribution in [3.8, 4) is 11.4 Å². The Morgan fingerprint density at radius 2 is 2.23 bits per heavy atom.